The van der Waals surface area contributed by atoms with Gasteiger partial charge in [-0.2, -0.15) is 0 Å². The monoisotopic (exact) mass is 281 g/mol. The van der Waals surface area contributed by atoms with E-state index in [9.17, 15) is 0 Å². The highest BCUT2D eigenvalue weighted by Crippen LogP contribution is 2.58. The van der Waals surface area contributed by atoms with Crippen LogP contribution in [0.1, 0.15) is 5.56 Å². The second-order valence-corrected chi connectivity index (χ2v) is 5.86. The van der Waals surface area contributed by atoms with E-state index < -0.39 is 0 Å². The van der Waals surface area contributed by atoms with Gasteiger partial charge < -0.3 is 4.90 Å². The van der Waals surface area contributed by atoms with Crippen LogP contribution in [0.4, 0.5) is 11.4 Å². The maximum absolute atomic E-state index is 2.44. The van der Waals surface area contributed by atoms with E-state index in [-0.39, 0.29) is 0 Å². The molecular formula is C21H15N. The Kier molecular flexibility index (Phi) is 2.33. The summed E-state index contributed by atoms with van der Waals surface area (Å²) in [6.45, 7) is 0.953. The molecule has 1 heterocycles. The van der Waals surface area contributed by atoms with Gasteiger partial charge in [-0.15, -0.1) is 0 Å². The van der Waals surface area contributed by atoms with Gasteiger partial charge in [-0.1, -0.05) is 78.9 Å². The lowest BCUT2D eigenvalue weighted by molar-refractivity contribution is 1.07. The summed E-state index contributed by atoms with van der Waals surface area (Å²) in [6.07, 6.45) is 0. The van der Waals surface area contributed by atoms with Crippen LogP contribution < -0.4 is 4.90 Å². The molecule has 22 heavy (non-hydrogen) atoms. The summed E-state index contributed by atoms with van der Waals surface area (Å²) in [7, 11) is 0. The molecule has 1 heteroatoms. The van der Waals surface area contributed by atoms with Crippen LogP contribution in [-0.2, 0) is 6.54 Å². The highest BCUT2D eigenvalue weighted by molar-refractivity contribution is 6.28. The van der Waals surface area contributed by atoms with Crippen molar-refractivity contribution < 1.29 is 0 Å². The average Bonchev–Trinajstić information content (AvgIpc) is 3.30. The van der Waals surface area contributed by atoms with Crippen LogP contribution in [0.2, 0.25) is 0 Å². The normalized spacial score (nSPS) is 12.6. The second-order valence-electron chi connectivity index (χ2n) is 5.86. The van der Waals surface area contributed by atoms with Gasteiger partial charge in [-0.25, -0.2) is 0 Å². The third kappa shape index (κ3) is 1.59. The largest absolute Gasteiger partial charge is 0.333 e. The standard InChI is InChI=1S/C21H15N/c1-2-8-15(9-3-1)14-22-20-18-12-6-4-10-16(18)17-11-5-7-13-19(17)21(20)22/h1-13H,14H2. The Morgan fingerprint density at radius 3 is 1.50 bits per heavy atom. The van der Waals surface area contributed by atoms with Crippen LogP contribution in [0.5, 0.6) is 0 Å². The van der Waals surface area contributed by atoms with Gasteiger partial charge in [0.05, 0.1) is 11.4 Å². The van der Waals surface area contributed by atoms with Crippen molar-refractivity contribution in [1.29, 1.82) is 0 Å². The molecule has 0 amide bonds. The minimum Gasteiger partial charge on any atom is -0.333 e. The van der Waals surface area contributed by atoms with Crippen LogP contribution >= 0.6 is 0 Å². The molecule has 1 nitrogen and oxygen atoms in total. The van der Waals surface area contributed by atoms with Gasteiger partial charge in [0, 0.05) is 17.3 Å². The molecule has 0 spiro atoms. The van der Waals surface area contributed by atoms with Crippen molar-refractivity contribution in [2.45, 2.75) is 6.54 Å². The Morgan fingerprint density at radius 1 is 0.500 bits per heavy atom. The van der Waals surface area contributed by atoms with Crippen LogP contribution in [0.15, 0.2) is 78.9 Å². The van der Waals surface area contributed by atoms with Crippen molar-refractivity contribution in [3.8, 4) is 0 Å². The number of rotatable bonds is 2. The molecule has 4 aromatic carbocycles. The molecule has 0 N–H and O–H groups in total. The number of anilines is 2. The Labute approximate surface area is 129 Å². The van der Waals surface area contributed by atoms with Crippen LogP contribution in [0.25, 0.3) is 21.5 Å². The molecule has 4 aromatic rings. The fourth-order valence-electron chi connectivity index (χ4n) is 3.52. The summed E-state index contributed by atoms with van der Waals surface area (Å²) in [6, 6.07) is 28.2. The molecule has 0 saturated heterocycles. The van der Waals surface area contributed by atoms with Gasteiger partial charge in [0.25, 0.3) is 0 Å². The van der Waals surface area contributed by atoms with Gasteiger partial charge in [0.15, 0.2) is 0 Å². The smallest absolute Gasteiger partial charge is 0.0742 e. The van der Waals surface area contributed by atoms with Gasteiger partial charge in [0.1, 0.15) is 0 Å². The summed E-state index contributed by atoms with van der Waals surface area (Å²) >= 11 is 0. The van der Waals surface area contributed by atoms with Gasteiger partial charge >= 0.3 is 0 Å². The molecule has 0 aromatic heterocycles. The van der Waals surface area contributed by atoms with Gasteiger partial charge in [0.2, 0.25) is 0 Å². The molecular weight excluding hydrogens is 266 g/mol. The minimum absolute atomic E-state index is 0.953. The van der Waals surface area contributed by atoms with E-state index in [1.54, 1.807) is 0 Å². The average molecular weight is 281 g/mol. The highest BCUT2D eigenvalue weighted by atomic mass is 15.3. The first-order valence-electron chi connectivity index (χ1n) is 7.68. The molecule has 104 valence electrons. The first-order valence-corrected chi connectivity index (χ1v) is 7.68. The zero-order chi connectivity index (χ0) is 14.5. The zero-order valence-corrected chi connectivity index (χ0v) is 12.2. The number of fused-ring (bicyclic) bond motifs is 6. The molecule has 5 rings (SSSR count). The van der Waals surface area contributed by atoms with E-state index >= 15 is 0 Å². The first kappa shape index (κ1) is 11.8. The predicted molar refractivity (Wildman–Crippen MR) is 93.7 cm³/mol. The molecule has 0 atom stereocenters. The van der Waals surface area contributed by atoms with E-state index in [4.69, 9.17) is 0 Å². The lowest BCUT2D eigenvalue weighted by Crippen LogP contribution is -1.99. The van der Waals surface area contributed by atoms with Gasteiger partial charge in [-0.3, -0.25) is 0 Å². The fraction of sp³-hybridized carbons (Fsp3) is 0.0476. The van der Waals surface area contributed by atoms with Crippen LogP contribution in [-0.4, -0.2) is 0 Å². The first-order chi connectivity index (χ1) is 10.9. The van der Waals surface area contributed by atoms with Crippen molar-refractivity contribution in [2.75, 3.05) is 4.90 Å². The number of hydrogen-bond donors (Lipinski definition) is 0. The molecule has 0 unspecified atom stereocenters. The Hall–Kier alpha value is -2.80. The number of benzene rings is 4. The van der Waals surface area contributed by atoms with Crippen molar-refractivity contribution >= 4 is 32.9 Å². The second kappa shape index (κ2) is 4.35. The Morgan fingerprint density at radius 2 is 0.955 bits per heavy atom. The molecule has 1 aliphatic heterocycles. The lowest BCUT2D eigenvalue weighted by atomic mass is 10.0. The molecule has 1 aliphatic rings. The Balaban J connectivity index is 1.73. The van der Waals surface area contributed by atoms with Crippen molar-refractivity contribution in [2.24, 2.45) is 0 Å². The lowest BCUT2D eigenvalue weighted by Gasteiger charge is -2.03. The van der Waals surface area contributed by atoms with Crippen LogP contribution in [0, 0.1) is 0 Å². The molecule has 0 saturated carbocycles. The highest BCUT2D eigenvalue weighted by Gasteiger charge is 2.34. The predicted octanol–water partition coefficient (Wildman–Crippen LogP) is 5.64. The number of hydrogen-bond acceptors (Lipinski definition) is 1. The van der Waals surface area contributed by atoms with E-state index in [0.717, 1.165) is 6.54 Å². The summed E-state index contributed by atoms with van der Waals surface area (Å²) < 4.78 is 0. The Bertz CT molecular complexity index is 939. The summed E-state index contributed by atoms with van der Waals surface area (Å²) in [4.78, 5) is 2.44. The summed E-state index contributed by atoms with van der Waals surface area (Å²) in [5.41, 5.74) is 4.16. The molecule has 0 bridgehead atoms. The van der Waals surface area contributed by atoms with Crippen molar-refractivity contribution in [3.63, 3.8) is 0 Å². The zero-order valence-electron chi connectivity index (χ0n) is 12.2. The summed E-state index contributed by atoms with van der Waals surface area (Å²) in [5, 5.41) is 5.44. The maximum atomic E-state index is 2.44. The molecule has 0 radical (unpaired) electrons. The third-order valence-corrected chi connectivity index (χ3v) is 4.55. The van der Waals surface area contributed by atoms with Crippen molar-refractivity contribution in [1.82, 2.24) is 0 Å². The van der Waals surface area contributed by atoms with Crippen molar-refractivity contribution in [3.05, 3.63) is 84.4 Å². The van der Waals surface area contributed by atoms with E-state index in [0.29, 0.717) is 0 Å². The van der Waals surface area contributed by atoms with E-state index in [2.05, 4.69) is 83.8 Å². The maximum Gasteiger partial charge on any atom is 0.0742 e. The quantitative estimate of drug-likeness (QED) is 0.339. The van der Waals surface area contributed by atoms with E-state index in [1.807, 2.05) is 0 Å². The number of nitrogens with zero attached hydrogens (tertiary/aromatic N) is 1. The summed E-state index contributed by atoms with van der Waals surface area (Å²) in [5.74, 6) is 0. The minimum atomic E-state index is 0.953. The fourth-order valence-corrected chi connectivity index (χ4v) is 3.52. The van der Waals surface area contributed by atoms with E-state index in [1.165, 1.54) is 38.5 Å². The third-order valence-electron chi connectivity index (χ3n) is 4.55. The van der Waals surface area contributed by atoms with Gasteiger partial charge in [-0.05, 0) is 16.3 Å². The van der Waals surface area contributed by atoms with Crippen LogP contribution in [0.3, 0.4) is 0 Å². The molecule has 0 fully saturated rings. The topological polar surface area (TPSA) is 3.01 Å². The molecule has 0 aliphatic carbocycles. The SMILES string of the molecule is c1ccc(CN2c3c2c2ccccc2c2ccccc32)cc1.